The first-order valence-corrected chi connectivity index (χ1v) is 10.1. The molecule has 7 nitrogen and oxygen atoms in total. The van der Waals surface area contributed by atoms with Gasteiger partial charge < -0.3 is 28.8 Å². The van der Waals surface area contributed by atoms with Gasteiger partial charge in [0, 0.05) is 6.07 Å². The number of allylic oxidation sites excluding steroid dienone is 1. The van der Waals surface area contributed by atoms with Crippen molar-refractivity contribution in [3.63, 3.8) is 0 Å². The van der Waals surface area contributed by atoms with Crippen LogP contribution in [0.4, 0.5) is 0 Å². The molecule has 0 amide bonds. The van der Waals surface area contributed by atoms with Crippen LogP contribution in [-0.4, -0.2) is 39.3 Å². The Labute approximate surface area is 192 Å². The lowest BCUT2D eigenvalue weighted by molar-refractivity contribution is 0.104. The number of ketones is 1. The van der Waals surface area contributed by atoms with Crippen molar-refractivity contribution in [2.75, 3.05) is 28.4 Å². The zero-order valence-electron chi connectivity index (χ0n) is 19.0. The van der Waals surface area contributed by atoms with Crippen LogP contribution in [0, 0.1) is 0 Å². The fourth-order valence-electron chi connectivity index (χ4n) is 3.28. The van der Waals surface area contributed by atoms with Crippen LogP contribution in [0.25, 0.3) is 6.08 Å². The molecule has 0 heterocycles. The predicted molar refractivity (Wildman–Crippen MR) is 125 cm³/mol. The summed E-state index contributed by atoms with van der Waals surface area (Å²) in [5.41, 5.74) is 1.63. The number of phenolic OH excluding ortho intramolecular Hbond substituents is 1. The van der Waals surface area contributed by atoms with Gasteiger partial charge in [0.2, 0.25) is 5.75 Å². The van der Waals surface area contributed by atoms with Crippen LogP contribution in [0.3, 0.4) is 0 Å². The molecule has 0 atom stereocenters. The van der Waals surface area contributed by atoms with Crippen LogP contribution in [0.15, 0.2) is 60.7 Å². The largest absolute Gasteiger partial charge is 0.507 e. The van der Waals surface area contributed by atoms with Crippen molar-refractivity contribution in [3.05, 3.63) is 77.4 Å². The third kappa shape index (κ3) is 5.38. The van der Waals surface area contributed by atoms with E-state index in [1.165, 1.54) is 33.5 Å². The molecular formula is C26H26O7. The highest BCUT2D eigenvalue weighted by Crippen LogP contribution is 2.45. The number of ether oxygens (including phenoxy) is 5. The van der Waals surface area contributed by atoms with E-state index in [1.54, 1.807) is 31.4 Å². The second-order valence-corrected chi connectivity index (χ2v) is 6.92. The lowest BCUT2D eigenvalue weighted by atomic mass is 10.0. The summed E-state index contributed by atoms with van der Waals surface area (Å²) in [5.74, 6) is 0.933. The molecule has 0 unspecified atom stereocenters. The molecule has 3 rings (SSSR count). The summed E-state index contributed by atoms with van der Waals surface area (Å²) in [7, 11) is 5.92. The SMILES string of the molecule is COc1ccc(/C=C/C(=O)c2c(O)cc(OCc3ccccc3)c(OC)c2OC)cc1OC. The van der Waals surface area contributed by atoms with Gasteiger partial charge in [-0.25, -0.2) is 0 Å². The number of aromatic hydroxyl groups is 1. The third-order valence-electron chi connectivity index (χ3n) is 4.91. The van der Waals surface area contributed by atoms with Crippen LogP contribution in [-0.2, 0) is 6.61 Å². The first kappa shape index (κ1) is 23.5. The monoisotopic (exact) mass is 450 g/mol. The van der Waals surface area contributed by atoms with E-state index in [2.05, 4.69) is 0 Å². The minimum absolute atomic E-state index is 0.0295. The van der Waals surface area contributed by atoms with Crippen molar-refractivity contribution in [2.45, 2.75) is 6.61 Å². The van der Waals surface area contributed by atoms with E-state index in [0.29, 0.717) is 17.1 Å². The highest BCUT2D eigenvalue weighted by Gasteiger charge is 2.24. The van der Waals surface area contributed by atoms with Crippen LogP contribution in [0.1, 0.15) is 21.5 Å². The molecule has 3 aromatic rings. The normalized spacial score (nSPS) is 10.7. The van der Waals surface area contributed by atoms with Crippen LogP contribution in [0.2, 0.25) is 0 Å². The molecule has 0 spiro atoms. The Balaban J connectivity index is 1.90. The van der Waals surface area contributed by atoms with Gasteiger partial charge in [-0.15, -0.1) is 0 Å². The Morgan fingerprint density at radius 3 is 2.15 bits per heavy atom. The molecule has 0 aromatic heterocycles. The maximum atomic E-state index is 13.0. The predicted octanol–water partition coefficient (Wildman–Crippen LogP) is 4.90. The number of carbonyl (C=O) groups excluding carboxylic acids is 1. The van der Waals surface area contributed by atoms with E-state index in [0.717, 1.165) is 5.56 Å². The van der Waals surface area contributed by atoms with E-state index in [-0.39, 0.29) is 35.2 Å². The highest BCUT2D eigenvalue weighted by molar-refractivity contribution is 6.11. The summed E-state index contributed by atoms with van der Waals surface area (Å²) in [6, 6.07) is 16.2. The first-order valence-electron chi connectivity index (χ1n) is 10.1. The quantitative estimate of drug-likeness (QED) is 0.347. The average Bonchev–Trinajstić information content (AvgIpc) is 2.85. The van der Waals surface area contributed by atoms with Gasteiger partial charge >= 0.3 is 0 Å². The number of carbonyl (C=O) groups is 1. The molecule has 0 aliphatic heterocycles. The Hall–Kier alpha value is -4.13. The Morgan fingerprint density at radius 2 is 1.52 bits per heavy atom. The molecule has 0 bridgehead atoms. The van der Waals surface area contributed by atoms with Gasteiger partial charge in [-0.3, -0.25) is 4.79 Å². The van der Waals surface area contributed by atoms with Gasteiger partial charge in [0.05, 0.1) is 28.4 Å². The van der Waals surface area contributed by atoms with Gasteiger partial charge in [0.25, 0.3) is 0 Å². The number of hydrogen-bond acceptors (Lipinski definition) is 7. The molecule has 0 aliphatic carbocycles. The van der Waals surface area contributed by atoms with Crippen LogP contribution in [0.5, 0.6) is 34.5 Å². The Kier molecular flexibility index (Phi) is 7.81. The van der Waals surface area contributed by atoms with Crippen LogP contribution >= 0.6 is 0 Å². The van der Waals surface area contributed by atoms with Crippen molar-refractivity contribution in [1.29, 1.82) is 0 Å². The zero-order valence-corrected chi connectivity index (χ0v) is 19.0. The molecule has 0 fully saturated rings. The minimum atomic E-state index is -0.466. The number of methoxy groups -OCH3 is 4. The van der Waals surface area contributed by atoms with Gasteiger partial charge in [-0.1, -0.05) is 42.5 Å². The Bertz CT molecular complexity index is 1140. The number of phenols is 1. The van der Waals surface area contributed by atoms with E-state index in [9.17, 15) is 9.90 Å². The topological polar surface area (TPSA) is 83.5 Å². The standard InChI is InChI=1S/C26H26O7/c1-29-21-13-11-17(14-22(21)30-2)10-12-19(27)24-20(28)15-23(25(31-3)26(24)32-4)33-16-18-8-6-5-7-9-18/h5-15,28H,16H2,1-4H3/b12-10+. The highest BCUT2D eigenvalue weighted by atomic mass is 16.5. The van der Waals surface area contributed by atoms with Crippen LogP contribution < -0.4 is 23.7 Å². The summed E-state index contributed by atoms with van der Waals surface area (Å²) in [5, 5.41) is 10.6. The molecule has 0 saturated heterocycles. The molecule has 3 aromatic carbocycles. The lowest BCUT2D eigenvalue weighted by Crippen LogP contribution is -2.05. The summed E-state index contributed by atoms with van der Waals surface area (Å²) >= 11 is 0. The summed E-state index contributed by atoms with van der Waals surface area (Å²) in [6.45, 7) is 0.256. The van der Waals surface area contributed by atoms with E-state index >= 15 is 0 Å². The molecule has 1 N–H and O–H groups in total. The fourth-order valence-corrected chi connectivity index (χ4v) is 3.28. The summed E-state index contributed by atoms with van der Waals surface area (Å²) < 4.78 is 27.2. The minimum Gasteiger partial charge on any atom is -0.507 e. The number of benzene rings is 3. The smallest absolute Gasteiger partial charge is 0.204 e. The first-order chi connectivity index (χ1) is 16.0. The Morgan fingerprint density at radius 1 is 0.818 bits per heavy atom. The maximum absolute atomic E-state index is 13.0. The molecular weight excluding hydrogens is 424 g/mol. The maximum Gasteiger partial charge on any atom is 0.204 e. The average molecular weight is 450 g/mol. The van der Waals surface area contributed by atoms with Gasteiger partial charge in [0.1, 0.15) is 17.9 Å². The third-order valence-corrected chi connectivity index (χ3v) is 4.91. The van der Waals surface area contributed by atoms with Crippen molar-refractivity contribution in [3.8, 4) is 34.5 Å². The van der Waals surface area contributed by atoms with E-state index in [1.807, 2.05) is 30.3 Å². The number of hydrogen-bond donors (Lipinski definition) is 1. The molecule has 7 heteroatoms. The van der Waals surface area contributed by atoms with Gasteiger partial charge in [-0.2, -0.15) is 0 Å². The molecule has 0 radical (unpaired) electrons. The van der Waals surface area contributed by atoms with Crippen molar-refractivity contribution in [1.82, 2.24) is 0 Å². The molecule has 33 heavy (non-hydrogen) atoms. The molecule has 172 valence electrons. The summed E-state index contributed by atoms with van der Waals surface area (Å²) in [6.07, 6.45) is 2.94. The van der Waals surface area contributed by atoms with Gasteiger partial charge in [-0.05, 0) is 29.3 Å². The zero-order chi connectivity index (χ0) is 23.8. The fraction of sp³-hybridized carbons (Fsp3) is 0.192. The van der Waals surface area contributed by atoms with Crippen molar-refractivity contribution < 1.29 is 33.6 Å². The second-order valence-electron chi connectivity index (χ2n) is 6.92. The van der Waals surface area contributed by atoms with E-state index < -0.39 is 5.78 Å². The van der Waals surface area contributed by atoms with E-state index in [4.69, 9.17) is 23.7 Å². The summed E-state index contributed by atoms with van der Waals surface area (Å²) in [4.78, 5) is 13.0. The lowest BCUT2D eigenvalue weighted by Gasteiger charge is -2.17. The van der Waals surface area contributed by atoms with Crippen molar-refractivity contribution in [2.24, 2.45) is 0 Å². The molecule has 0 saturated carbocycles. The second kappa shape index (κ2) is 10.9. The van der Waals surface area contributed by atoms with Crippen molar-refractivity contribution >= 4 is 11.9 Å². The molecule has 0 aliphatic rings. The van der Waals surface area contributed by atoms with Gasteiger partial charge in [0.15, 0.2) is 28.8 Å². The number of rotatable bonds is 10.